The van der Waals surface area contributed by atoms with Crippen molar-refractivity contribution in [1.29, 1.82) is 0 Å². The lowest BCUT2D eigenvalue weighted by molar-refractivity contribution is -0.135. The third-order valence-corrected chi connectivity index (χ3v) is 1.16. The average molecular weight is 152 g/mol. The molecule has 0 aliphatic carbocycles. The molecule has 11 heavy (non-hydrogen) atoms. The Labute approximate surface area is 64.6 Å². The molecule has 58 valence electrons. The van der Waals surface area contributed by atoms with E-state index in [0.29, 0.717) is 5.57 Å². The van der Waals surface area contributed by atoms with Crippen LogP contribution < -0.4 is 0 Å². The minimum absolute atomic E-state index is 0.398. The molecule has 1 rings (SSSR count). The number of rotatable bonds is 1. The van der Waals surface area contributed by atoms with Crippen LogP contribution >= 0.6 is 0 Å². The highest BCUT2D eigenvalue weighted by molar-refractivity contribution is 5.91. The molecule has 0 bridgehead atoms. The minimum Gasteiger partial charge on any atom is -0.472 e. The predicted molar refractivity (Wildman–Crippen MR) is 39.5 cm³/mol. The summed E-state index contributed by atoms with van der Waals surface area (Å²) < 4.78 is 9.30. The fourth-order valence-electron chi connectivity index (χ4n) is 0.636. The molecule has 0 saturated heterocycles. The minimum atomic E-state index is -0.398. The summed E-state index contributed by atoms with van der Waals surface area (Å²) in [4.78, 5) is 10.9. The molecule has 0 radical (unpaired) electrons. The van der Waals surface area contributed by atoms with Gasteiger partial charge in [0.2, 0.25) is 0 Å². The monoisotopic (exact) mass is 152 g/mol. The molecule has 0 unspecified atom stereocenters. The summed E-state index contributed by atoms with van der Waals surface area (Å²) in [6.07, 6.45) is 7.83. The zero-order valence-electron chi connectivity index (χ0n) is 6.11. The number of methoxy groups -OCH3 is 1. The van der Waals surface area contributed by atoms with Crippen LogP contribution in [0.15, 0.2) is 36.3 Å². The average Bonchev–Trinajstić information content (AvgIpc) is 2.30. The van der Waals surface area contributed by atoms with Gasteiger partial charge in [0.15, 0.2) is 0 Å². The second-order valence-electron chi connectivity index (χ2n) is 1.89. The fourth-order valence-corrected chi connectivity index (χ4v) is 0.636. The Hall–Kier alpha value is -1.51. The maximum Gasteiger partial charge on any atom is 0.341 e. The molecule has 0 atom stereocenters. The molecule has 3 heteroatoms. The molecule has 0 aromatic carbocycles. The fraction of sp³-hybridized carbons (Fsp3) is 0.125. The number of carbonyl (C=O) groups excluding carboxylic acids is 1. The van der Waals surface area contributed by atoms with Gasteiger partial charge in [0.25, 0.3) is 0 Å². The van der Waals surface area contributed by atoms with Crippen molar-refractivity contribution in [1.82, 2.24) is 0 Å². The van der Waals surface area contributed by atoms with Gasteiger partial charge in [-0.25, -0.2) is 4.79 Å². The zero-order chi connectivity index (χ0) is 8.10. The molecule has 0 fully saturated rings. The van der Waals surface area contributed by atoms with Gasteiger partial charge in [-0.1, -0.05) is 6.08 Å². The van der Waals surface area contributed by atoms with Crippen LogP contribution in [0.2, 0.25) is 0 Å². The first-order valence-corrected chi connectivity index (χ1v) is 3.12. The van der Waals surface area contributed by atoms with E-state index < -0.39 is 5.97 Å². The Morgan fingerprint density at radius 2 is 2.36 bits per heavy atom. The van der Waals surface area contributed by atoms with E-state index in [0.717, 1.165) is 0 Å². The van der Waals surface area contributed by atoms with Crippen LogP contribution in [0, 0.1) is 0 Å². The van der Waals surface area contributed by atoms with Crippen molar-refractivity contribution in [2.75, 3.05) is 7.11 Å². The number of carbonyl (C=O) groups is 1. The van der Waals surface area contributed by atoms with E-state index in [-0.39, 0.29) is 0 Å². The van der Waals surface area contributed by atoms with Crippen LogP contribution in [0.4, 0.5) is 0 Å². The van der Waals surface area contributed by atoms with Crippen LogP contribution in [0.25, 0.3) is 0 Å². The molecular weight excluding hydrogens is 144 g/mol. The molecule has 1 heterocycles. The number of ether oxygens (including phenoxy) is 2. The lowest BCUT2D eigenvalue weighted by Gasteiger charge is -1.96. The summed E-state index contributed by atoms with van der Waals surface area (Å²) in [6, 6.07) is 0. The Balaban J connectivity index is 2.72. The second-order valence-corrected chi connectivity index (χ2v) is 1.89. The van der Waals surface area contributed by atoms with Gasteiger partial charge in [-0.15, -0.1) is 0 Å². The lowest BCUT2D eigenvalue weighted by atomic mass is 10.3. The standard InChI is InChI=1S/C8H8O3/c1-10-8(9)7-4-2-3-5-11-6-7/h2-6H,1H3. The van der Waals surface area contributed by atoms with E-state index in [1.54, 1.807) is 18.2 Å². The highest BCUT2D eigenvalue weighted by Crippen LogP contribution is 2.03. The Morgan fingerprint density at radius 1 is 1.55 bits per heavy atom. The van der Waals surface area contributed by atoms with E-state index in [2.05, 4.69) is 4.74 Å². The van der Waals surface area contributed by atoms with Gasteiger partial charge in [0.1, 0.15) is 6.26 Å². The maximum atomic E-state index is 10.9. The molecule has 0 saturated carbocycles. The molecule has 3 nitrogen and oxygen atoms in total. The van der Waals surface area contributed by atoms with Crippen LogP contribution in [0.3, 0.4) is 0 Å². The van der Waals surface area contributed by atoms with E-state index in [9.17, 15) is 4.79 Å². The molecule has 0 aromatic rings. The van der Waals surface area contributed by atoms with E-state index in [1.807, 2.05) is 0 Å². The first-order valence-electron chi connectivity index (χ1n) is 3.12. The summed E-state index contributed by atoms with van der Waals surface area (Å²) in [5, 5.41) is 0. The van der Waals surface area contributed by atoms with Crippen LogP contribution in [0.5, 0.6) is 0 Å². The van der Waals surface area contributed by atoms with Crippen LogP contribution in [-0.2, 0) is 14.3 Å². The van der Waals surface area contributed by atoms with Gasteiger partial charge >= 0.3 is 5.97 Å². The molecule has 0 N–H and O–H groups in total. The normalized spacial score (nSPS) is 14.8. The molecule has 0 spiro atoms. The molecule has 1 aliphatic heterocycles. The van der Waals surface area contributed by atoms with Gasteiger partial charge < -0.3 is 9.47 Å². The summed E-state index contributed by atoms with van der Waals surface area (Å²) in [5.41, 5.74) is 0.400. The summed E-state index contributed by atoms with van der Waals surface area (Å²) >= 11 is 0. The highest BCUT2D eigenvalue weighted by atomic mass is 16.5. The Kier molecular flexibility index (Phi) is 2.49. The smallest absolute Gasteiger partial charge is 0.341 e. The first-order chi connectivity index (χ1) is 5.34. The van der Waals surface area contributed by atoms with Gasteiger partial charge in [-0.3, -0.25) is 0 Å². The topological polar surface area (TPSA) is 35.5 Å². The number of hydrogen-bond acceptors (Lipinski definition) is 3. The van der Waals surface area contributed by atoms with Gasteiger partial charge in [-0.2, -0.15) is 0 Å². The van der Waals surface area contributed by atoms with Gasteiger partial charge in [0.05, 0.1) is 18.9 Å². The lowest BCUT2D eigenvalue weighted by Crippen LogP contribution is -2.02. The third-order valence-electron chi connectivity index (χ3n) is 1.16. The number of esters is 1. The summed E-state index contributed by atoms with van der Waals surface area (Å²) in [7, 11) is 1.33. The Morgan fingerprint density at radius 3 is 3.09 bits per heavy atom. The number of allylic oxidation sites excluding steroid dienone is 2. The van der Waals surface area contributed by atoms with Gasteiger partial charge in [-0.05, 0) is 12.2 Å². The van der Waals surface area contributed by atoms with Crippen LogP contribution in [0.1, 0.15) is 0 Å². The molecule has 0 amide bonds. The van der Waals surface area contributed by atoms with E-state index in [4.69, 9.17) is 4.74 Å². The quantitative estimate of drug-likeness (QED) is 0.528. The predicted octanol–water partition coefficient (Wildman–Crippen LogP) is 1.14. The Bertz CT molecular complexity index is 236. The van der Waals surface area contributed by atoms with Gasteiger partial charge in [0, 0.05) is 0 Å². The SMILES string of the molecule is COC(=O)C1=COC=CC=C1. The zero-order valence-corrected chi connectivity index (χ0v) is 6.11. The van der Waals surface area contributed by atoms with Crippen molar-refractivity contribution in [2.24, 2.45) is 0 Å². The van der Waals surface area contributed by atoms with Crippen LogP contribution in [-0.4, -0.2) is 13.1 Å². The maximum absolute atomic E-state index is 10.9. The van der Waals surface area contributed by atoms with E-state index >= 15 is 0 Å². The summed E-state index contributed by atoms with van der Waals surface area (Å²) in [6.45, 7) is 0. The van der Waals surface area contributed by atoms with Crippen molar-refractivity contribution >= 4 is 5.97 Å². The van der Waals surface area contributed by atoms with Crippen molar-refractivity contribution < 1.29 is 14.3 Å². The van der Waals surface area contributed by atoms with Crippen molar-refractivity contribution in [3.63, 3.8) is 0 Å². The highest BCUT2D eigenvalue weighted by Gasteiger charge is 2.05. The third kappa shape index (κ3) is 1.97. The molecular formula is C8H8O3. The molecule has 0 aromatic heterocycles. The molecule has 1 aliphatic rings. The van der Waals surface area contributed by atoms with Crippen molar-refractivity contribution in [3.05, 3.63) is 36.3 Å². The van der Waals surface area contributed by atoms with Crippen molar-refractivity contribution in [3.8, 4) is 0 Å². The second kappa shape index (κ2) is 3.61. The largest absolute Gasteiger partial charge is 0.472 e. The first kappa shape index (κ1) is 7.60. The van der Waals surface area contributed by atoms with Crippen molar-refractivity contribution in [2.45, 2.75) is 0 Å². The van der Waals surface area contributed by atoms with E-state index in [1.165, 1.54) is 19.6 Å². The number of hydrogen-bond donors (Lipinski definition) is 0. The summed E-state index contributed by atoms with van der Waals surface area (Å²) in [5.74, 6) is -0.398.